The number of carbonyl (C=O) groups is 12. The monoisotopic (exact) mass is 1080 g/mol. The Morgan fingerprint density at radius 3 is 1.36 bits per heavy atom. The van der Waals surface area contributed by atoms with Crippen molar-refractivity contribution in [2.75, 3.05) is 51.5 Å². The molecule has 0 saturated heterocycles. The molecule has 0 aliphatic heterocycles. The number of unbranched alkanes of at least 4 members (excludes halogenated alkanes) is 1. The number of carbonyl (C=O) groups excluding carboxylic acids is 11. The molecule has 11 amide bonds. The van der Waals surface area contributed by atoms with Crippen LogP contribution in [0.1, 0.15) is 80.6 Å². The summed E-state index contributed by atoms with van der Waals surface area (Å²) in [6.07, 6.45) is 2.96. The summed E-state index contributed by atoms with van der Waals surface area (Å²) >= 11 is 1.32. The van der Waals surface area contributed by atoms with E-state index in [9.17, 15) is 78.0 Å². The normalized spacial score (nSPS) is 15.5. The summed E-state index contributed by atoms with van der Waals surface area (Å²) < 4.78 is 0. The second-order valence-electron chi connectivity index (χ2n) is 17.6. The number of hydrogen-bond acceptors (Lipinski definition) is 18. The Labute approximate surface area is 433 Å². The smallest absolute Gasteiger partial charge is 0.326 e. The number of nitrogens with two attached hydrogens (primary N) is 2. The molecule has 0 aliphatic rings. The number of rotatable bonds is 36. The van der Waals surface area contributed by atoms with Crippen molar-refractivity contribution in [1.29, 1.82) is 0 Å². The summed E-state index contributed by atoms with van der Waals surface area (Å²) in [5, 5.41) is 64.5. The van der Waals surface area contributed by atoms with E-state index < -0.39 is 170 Å². The fourth-order valence-corrected chi connectivity index (χ4v) is 6.67. The first kappa shape index (κ1) is 67.8. The Hall–Kier alpha value is -6.21. The van der Waals surface area contributed by atoms with Gasteiger partial charge in [0.2, 0.25) is 65.0 Å². The maximum Gasteiger partial charge on any atom is 0.326 e. The van der Waals surface area contributed by atoms with Crippen LogP contribution in [0.5, 0.6) is 0 Å². The Balaban J connectivity index is 5.57. The van der Waals surface area contributed by atoms with E-state index in [0.29, 0.717) is 25.0 Å². The topological polar surface area (TPSA) is 470 Å². The number of aliphatic carboxylic acids is 1. The van der Waals surface area contributed by atoms with E-state index in [1.54, 1.807) is 34.0 Å². The number of aliphatic hydroxyl groups is 3. The highest BCUT2D eigenvalue weighted by Gasteiger charge is 2.33. The van der Waals surface area contributed by atoms with Gasteiger partial charge in [0, 0.05) is 0 Å². The molecule has 0 saturated carbocycles. The van der Waals surface area contributed by atoms with Crippen molar-refractivity contribution in [1.82, 2.24) is 58.5 Å². The highest BCUT2D eigenvalue weighted by atomic mass is 32.2. The SMILES string of the molecule is CCC(C)C(NC(=O)C(C)NC(=O)CNC(=O)C(C)NC(=O)C(CCCCN)NC(=O)C(CO)NC(=O)C(C)NC(=O)C(CCSC)NC(=O)CNC(=O)C(CO)NC(=O)C(CO)NC(=O)C(N)C(C)C)C(=O)O. The van der Waals surface area contributed by atoms with Gasteiger partial charge in [0.05, 0.1) is 39.0 Å². The van der Waals surface area contributed by atoms with Crippen molar-refractivity contribution in [2.24, 2.45) is 23.3 Å². The maximum atomic E-state index is 13.4. The third-order valence-corrected chi connectivity index (χ3v) is 11.9. The van der Waals surface area contributed by atoms with Gasteiger partial charge in [-0.3, -0.25) is 52.7 Å². The molecule has 0 heterocycles. The first-order valence-corrected chi connectivity index (χ1v) is 25.4. The van der Waals surface area contributed by atoms with Gasteiger partial charge in [0.15, 0.2) is 0 Å². The van der Waals surface area contributed by atoms with E-state index in [1.165, 1.54) is 32.5 Å². The number of carboxylic acid groups (broad SMARTS) is 1. The fourth-order valence-electron chi connectivity index (χ4n) is 6.20. The predicted octanol–water partition coefficient (Wildman–Crippen LogP) is -7.39. The van der Waals surface area contributed by atoms with Gasteiger partial charge in [0.25, 0.3) is 0 Å². The van der Waals surface area contributed by atoms with Crippen LogP contribution in [0.15, 0.2) is 0 Å². The second kappa shape index (κ2) is 35.9. The zero-order valence-corrected chi connectivity index (χ0v) is 44.0. The third-order valence-electron chi connectivity index (χ3n) is 11.2. The third kappa shape index (κ3) is 25.1. The number of aliphatic hydroxyl groups excluding tert-OH is 3. The van der Waals surface area contributed by atoms with Crippen molar-refractivity contribution in [3.05, 3.63) is 0 Å². The summed E-state index contributed by atoms with van der Waals surface area (Å²) in [5.41, 5.74) is 11.4. The average molecular weight is 1080 g/mol. The van der Waals surface area contributed by atoms with Crippen LogP contribution in [-0.4, -0.2) is 203 Å². The lowest BCUT2D eigenvalue weighted by Gasteiger charge is -2.25. The van der Waals surface area contributed by atoms with E-state index in [-0.39, 0.29) is 25.3 Å². The molecular formula is C44H79N13O16S. The van der Waals surface area contributed by atoms with Crippen LogP contribution in [0.4, 0.5) is 0 Å². The van der Waals surface area contributed by atoms with Gasteiger partial charge in [-0.1, -0.05) is 34.1 Å². The molecule has 30 heteroatoms. The molecule has 0 spiro atoms. The van der Waals surface area contributed by atoms with Crippen LogP contribution in [0.3, 0.4) is 0 Å². The minimum absolute atomic E-state index is 0.00420. The summed E-state index contributed by atoms with van der Waals surface area (Å²) in [4.78, 5) is 153. The largest absolute Gasteiger partial charge is 0.480 e. The van der Waals surface area contributed by atoms with Crippen molar-refractivity contribution >= 4 is 82.7 Å². The number of nitrogens with one attached hydrogen (secondary N) is 11. The van der Waals surface area contributed by atoms with E-state index >= 15 is 0 Å². The molecule has 422 valence electrons. The van der Waals surface area contributed by atoms with Gasteiger partial charge in [-0.15, -0.1) is 0 Å². The lowest BCUT2D eigenvalue weighted by atomic mass is 9.99. The van der Waals surface area contributed by atoms with E-state index in [0.717, 1.165) is 0 Å². The van der Waals surface area contributed by atoms with Gasteiger partial charge in [-0.2, -0.15) is 11.8 Å². The predicted molar refractivity (Wildman–Crippen MR) is 267 cm³/mol. The average Bonchev–Trinajstić information content (AvgIpc) is 3.35. The molecule has 0 aromatic heterocycles. The number of hydrogen-bond donors (Lipinski definition) is 17. The van der Waals surface area contributed by atoms with Crippen LogP contribution >= 0.6 is 11.8 Å². The van der Waals surface area contributed by atoms with Crippen molar-refractivity contribution < 1.29 is 78.0 Å². The van der Waals surface area contributed by atoms with E-state index in [2.05, 4.69) is 58.5 Å². The number of thioether (sulfide) groups is 1. The zero-order valence-electron chi connectivity index (χ0n) is 43.2. The Morgan fingerprint density at radius 1 is 0.486 bits per heavy atom. The van der Waals surface area contributed by atoms with Gasteiger partial charge in [0.1, 0.15) is 54.4 Å². The summed E-state index contributed by atoms with van der Waals surface area (Å²) in [7, 11) is 0. The molecule has 29 nitrogen and oxygen atoms in total. The molecule has 0 radical (unpaired) electrons. The highest BCUT2D eigenvalue weighted by Crippen LogP contribution is 2.09. The molecule has 74 heavy (non-hydrogen) atoms. The van der Waals surface area contributed by atoms with Gasteiger partial charge in [-0.25, -0.2) is 4.79 Å². The molecule has 11 unspecified atom stereocenters. The quantitative estimate of drug-likeness (QED) is 0.0259. The first-order chi connectivity index (χ1) is 34.7. The molecule has 0 aliphatic carbocycles. The van der Waals surface area contributed by atoms with Crippen LogP contribution < -0.4 is 70.0 Å². The summed E-state index contributed by atoms with van der Waals surface area (Å²) in [6, 6.07) is -13.5. The van der Waals surface area contributed by atoms with Crippen molar-refractivity contribution in [2.45, 2.75) is 141 Å². The zero-order chi connectivity index (χ0) is 56.8. The molecule has 0 aromatic rings. The van der Waals surface area contributed by atoms with Gasteiger partial charge < -0.3 is 90.4 Å². The van der Waals surface area contributed by atoms with Gasteiger partial charge >= 0.3 is 5.97 Å². The van der Waals surface area contributed by atoms with Crippen LogP contribution in [0, 0.1) is 11.8 Å². The standard InChI is InChI=1S/C44H79N13O16S/c1-9-22(4)34(44(72)73)57-37(65)24(6)49-31(61)16-47-35(63)23(5)50-39(67)26(12-10-11-14-45)53-41(69)29(19-59)54-36(64)25(7)51-40(68)27(13-15-74-8)52-32(62)17-48-38(66)28(18-58)55-42(70)30(20-60)56-43(71)33(46)21(2)3/h21-30,33-34,58-60H,9-20,45-46H2,1-8H3,(H,47,63)(H,48,66)(H,49,61)(H,50,67)(H,51,68)(H,52,62)(H,53,69)(H,54,64)(H,55,70)(H,56,71)(H,57,65)(H,72,73). The Bertz CT molecular complexity index is 1920. The van der Waals surface area contributed by atoms with E-state index in [1.807, 2.05) is 0 Å². The van der Waals surface area contributed by atoms with Crippen molar-refractivity contribution in [3.63, 3.8) is 0 Å². The van der Waals surface area contributed by atoms with Crippen LogP contribution in [0.25, 0.3) is 0 Å². The number of amides is 11. The Morgan fingerprint density at radius 2 is 0.892 bits per heavy atom. The molecule has 0 rings (SSSR count). The molecular weight excluding hydrogens is 999 g/mol. The minimum Gasteiger partial charge on any atom is -0.480 e. The van der Waals surface area contributed by atoms with Crippen molar-refractivity contribution in [3.8, 4) is 0 Å². The maximum absolute atomic E-state index is 13.4. The van der Waals surface area contributed by atoms with E-state index in [4.69, 9.17) is 11.5 Å². The summed E-state index contributed by atoms with van der Waals surface area (Å²) in [6.45, 7) is 6.61. The number of carboxylic acids is 1. The minimum atomic E-state index is -1.67. The van der Waals surface area contributed by atoms with Gasteiger partial charge in [-0.05, 0) is 76.8 Å². The molecule has 0 bridgehead atoms. The highest BCUT2D eigenvalue weighted by molar-refractivity contribution is 7.98. The lowest BCUT2D eigenvalue weighted by Crippen LogP contribution is -2.60. The Kier molecular flexibility index (Phi) is 32.8. The second-order valence-corrected chi connectivity index (χ2v) is 18.6. The summed E-state index contributed by atoms with van der Waals surface area (Å²) in [5.74, 6) is -11.4. The molecule has 0 aromatic carbocycles. The van der Waals surface area contributed by atoms with Crippen LogP contribution in [-0.2, 0) is 57.5 Å². The molecule has 0 fully saturated rings. The molecule has 19 N–H and O–H groups in total. The first-order valence-electron chi connectivity index (χ1n) is 24.0. The lowest BCUT2D eigenvalue weighted by molar-refractivity contribution is -0.143. The van der Waals surface area contributed by atoms with Crippen LogP contribution in [0.2, 0.25) is 0 Å². The fraction of sp³-hybridized carbons (Fsp3) is 0.727. The molecule has 11 atom stereocenters.